The molecule has 0 amide bonds. The van der Waals surface area contributed by atoms with Crippen LogP contribution < -0.4 is 5.73 Å². The first-order valence-electron chi connectivity index (χ1n) is 7.84. The van der Waals surface area contributed by atoms with E-state index in [1.807, 2.05) is 0 Å². The molecule has 2 heteroatoms. The molecule has 1 aromatic heterocycles. The van der Waals surface area contributed by atoms with Crippen LogP contribution in [0.1, 0.15) is 63.6 Å². The topological polar surface area (TPSA) is 41.8 Å². The number of nitrogens with two attached hydrogens (primary N) is 1. The zero-order chi connectivity index (χ0) is 14.3. The molecule has 0 aliphatic heterocycles. The first-order chi connectivity index (χ1) is 9.47. The fourth-order valence-electron chi connectivity index (χ4n) is 3.45. The van der Waals surface area contributed by atoms with Crippen LogP contribution in [-0.4, -0.2) is 4.98 Å². The minimum atomic E-state index is 0.181. The summed E-state index contributed by atoms with van der Waals surface area (Å²) in [6.07, 6.45) is 7.38. The van der Waals surface area contributed by atoms with Gasteiger partial charge in [-0.15, -0.1) is 0 Å². The molecule has 2 aromatic rings. The van der Waals surface area contributed by atoms with Crippen LogP contribution in [0, 0.1) is 5.92 Å². The van der Waals surface area contributed by atoms with Gasteiger partial charge in [0, 0.05) is 23.1 Å². The molecule has 1 unspecified atom stereocenters. The monoisotopic (exact) mass is 270 g/mol. The Hall–Kier alpha value is -1.28. The fraction of sp³-hybridized carbons (Fsp3) is 0.556. The summed E-state index contributed by atoms with van der Waals surface area (Å²) in [4.78, 5) is 3.39. The van der Waals surface area contributed by atoms with Crippen molar-refractivity contribution >= 4 is 10.9 Å². The van der Waals surface area contributed by atoms with Crippen molar-refractivity contribution in [3.63, 3.8) is 0 Å². The Bertz CT molecular complexity index is 597. The molecule has 1 aliphatic carbocycles. The SMILES string of the molecule is CC(C)(C)c1ccc2[nH]cc(C(N)C3CCCC3)c2c1. The van der Waals surface area contributed by atoms with E-state index < -0.39 is 0 Å². The number of hydrogen-bond acceptors (Lipinski definition) is 1. The van der Waals surface area contributed by atoms with Crippen molar-refractivity contribution in [3.05, 3.63) is 35.5 Å². The van der Waals surface area contributed by atoms with Crippen LogP contribution in [-0.2, 0) is 5.41 Å². The van der Waals surface area contributed by atoms with E-state index in [0.717, 1.165) is 0 Å². The van der Waals surface area contributed by atoms with Crippen molar-refractivity contribution in [1.29, 1.82) is 0 Å². The normalized spacial score (nSPS) is 18.8. The second-order valence-corrected chi connectivity index (χ2v) is 7.32. The van der Waals surface area contributed by atoms with Gasteiger partial charge in [-0.3, -0.25) is 0 Å². The van der Waals surface area contributed by atoms with E-state index in [0.29, 0.717) is 5.92 Å². The molecule has 1 atom stereocenters. The maximum Gasteiger partial charge on any atom is 0.0457 e. The lowest BCUT2D eigenvalue weighted by molar-refractivity contribution is 0.447. The zero-order valence-electron chi connectivity index (χ0n) is 12.9. The molecule has 0 radical (unpaired) electrons. The van der Waals surface area contributed by atoms with Crippen molar-refractivity contribution in [1.82, 2.24) is 4.98 Å². The lowest BCUT2D eigenvalue weighted by Gasteiger charge is -2.21. The largest absolute Gasteiger partial charge is 0.361 e. The molecule has 1 heterocycles. The highest BCUT2D eigenvalue weighted by Crippen LogP contribution is 2.37. The average Bonchev–Trinajstić information content (AvgIpc) is 3.06. The lowest BCUT2D eigenvalue weighted by atomic mass is 9.85. The van der Waals surface area contributed by atoms with Crippen molar-refractivity contribution in [3.8, 4) is 0 Å². The number of fused-ring (bicyclic) bond motifs is 1. The van der Waals surface area contributed by atoms with Gasteiger partial charge in [0.2, 0.25) is 0 Å². The second-order valence-electron chi connectivity index (χ2n) is 7.32. The third-order valence-electron chi connectivity index (χ3n) is 4.85. The van der Waals surface area contributed by atoms with Gasteiger partial charge < -0.3 is 10.7 Å². The summed E-state index contributed by atoms with van der Waals surface area (Å²) in [6, 6.07) is 6.93. The molecular weight excluding hydrogens is 244 g/mol. The van der Waals surface area contributed by atoms with Crippen LogP contribution in [0.2, 0.25) is 0 Å². The van der Waals surface area contributed by atoms with Gasteiger partial charge >= 0.3 is 0 Å². The maximum atomic E-state index is 6.55. The number of aromatic nitrogens is 1. The molecule has 20 heavy (non-hydrogen) atoms. The van der Waals surface area contributed by atoms with E-state index in [1.54, 1.807) is 0 Å². The summed E-state index contributed by atoms with van der Waals surface area (Å²) >= 11 is 0. The molecule has 3 rings (SSSR count). The average molecular weight is 270 g/mol. The van der Waals surface area contributed by atoms with E-state index >= 15 is 0 Å². The third-order valence-corrected chi connectivity index (χ3v) is 4.85. The van der Waals surface area contributed by atoms with Gasteiger partial charge in [0.25, 0.3) is 0 Å². The number of nitrogens with one attached hydrogen (secondary N) is 1. The molecule has 2 nitrogen and oxygen atoms in total. The smallest absolute Gasteiger partial charge is 0.0457 e. The van der Waals surface area contributed by atoms with Crippen molar-refractivity contribution < 1.29 is 0 Å². The predicted molar refractivity (Wildman–Crippen MR) is 85.9 cm³/mol. The molecule has 0 bridgehead atoms. The fourth-order valence-corrected chi connectivity index (χ4v) is 3.45. The van der Waals surface area contributed by atoms with Gasteiger partial charge in [-0.2, -0.15) is 0 Å². The maximum absolute atomic E-state index is 6.55. The van der Waals surface area contributed by atoms with Gasteiger partial charge in [-0.25, -0.2) is 0 Å². The molecule has 1 aromatic carbocycles. The Morgan fingerprint density at radius 2 is 1.90 bits per heavy atom. The second kappa shape index (κ2) is 4.92. The van der Waals surface area contributed by atoms with Crippen molar-refractivity contribution in [2.45, 2.75) is 57.9 Å². The summed E-state index contributed by atoms with van der Waals surface area (Å²) in [5, 5.41) is 1.32. The standard InChI is InChI=1S/C18H26N2/c1-18(2,3)13-8-9-16-14(10-13)15(11-20-16)17(19)12-6-4-5-7-12/h8-12,17,20H,4-7,19H2,1-3H3. The highest BCUT2D eigenvalue weighted by molar-refractivity contribution is 5.84. The van der Waals surface area contributed by atoms with E-state index in [1.165, 1.54) is 47.7 Å². The predicted octanol–water partition coefficient (Wildman–Crippen LogP) is 4.66. The Kier molecular flexibility index (Phi) is 3.37. The molecular formula is C18H26N2. The molecule has 108 valence electrons. The Morgan fingerprint density at radius 3 is 2.55 bits per heavy atom. The van der Waals surface area contributed by atoms with Crippen LogP contribution in [0.25, 0.3) is 10.9 Å². The number of hydrogen-bond donors (Lipinski definition) is 2. The summed E-state index contributed by atoms with van der Waals surface area (Å²) < 4.78 is 0. The van der Waals surface area contributed by atoms with Crippen LogP contribution in [0.4, 0.5) is 0 Å². The molecule has 0 spiro atoms. The zero-order valence-corrected chi connectivity index (χ0v) is 12.9. The minimum Gasteiger partial charge on any atom is -0.361 e. The third kappa shape index (κ3) is 2.37. The van der Waals surface area contributed by atoms with Gasteiger partial charge in [0.05, 0.1) is 0 Å². The van der Waals surface area contributed by atoms with Crippen LogP contribution in [0.5, 0.6) is 0 Å². The highest BCUT2D eigenvalue weighted by atomic mass is 14.7. The van der Waals surface area contributed by atoms with Crippen LogP contribution in [0.3, 0.4) is 0 Å². The van der Waals surface area contributed by atoms with E-state index in [9.17, 15) is 0 Å². The molecule has 1 saturated carbocycles. The molecule has 0 saturated heterocycles. The van der Waals surface area contributed by atoms with Crippen molar-refractivity contribution in [2.24, 2.45) is 11.7 Å². The Morgan fingerprint density at radius 1 is 1.20 bits per heavy atom. The highest BCUT2D eigenvalue weighted by Gasteiger charge is 2.25. The molecule has 1 fully saturated rings. The van der Waals surface area contributed by atoms with Crippen LogP contribution in [0.15, 0.2) is 24.4 Å². The van der Waals surface area contributed by atoms with Gasteiger partial charge in [0.1, 0.15) is 0 Å². The summed E-state index contributed by atoms with van der Waals surface area (Å²) in [6.45, 7) is 6.78. The summed E-state index contributed by atoms with van der Waals surface area (Å²) in [5.74, 6) is 0.660. The van der Waals surface area contributed by atoms with Crippen molar-refractivity contribution in [2.75, 3.05) is 0 Å². The first-order valence-corrected chi connectivity index (χ1v) is 7.84. The lowest BCUT2D eigenvalue weighted by Crippen LogP contribution is -2.18. The number of H-pyrrole nitrogens is 1. The van der Waals surface area contributed by atoms with Gasteiger partial charge in [0.15, 0.2) is 0 Å². The number of benzene rings is 1. The Balaban J connectivity index is 2.02. The minimum absolute atomic E-state index is 0.181. The van der Waals surface area contributed by atoms with Gasteiger partial charge in [-0.05, 0) is 47.4 Å². The number of rotatable bonds is 2. The van der Waals surface area contributed by atoms with Crippen LogP contribution >= 0.6 is 0 Å². The Labute approximate surface area is 121 Å². The number of aromatic amines is 1. The summed E-state index contributed by atoms with van der Waals surface area (Å²) in [7, 11) is 0. The first kappa shape index (κ1) is 13.7. The van der Waals surface area contributed by atoms with Gasteiger partial charge in [-0.1, -0.05) is 39.7 Å². The molecule has 3 N–H and O–H groups in total. The van der Waals surface area contributed by atoms with E-state index in [4.69, 9.17) is 5.73 Å². The summed E-state index contributed by atoms with van der Waals surface area (Å²) in [5.41, 5.74) is 10.6. The van der Waals surface area contributed by atoms with E-state index in [-0.39, 0.29) is 11.5 Å². The van der Waals surface area contributed by atoms with E-state index in [2.05, 4.69) is 50.2 Å². The quantitative estimate of drug-likeness (QED) is 0.819. The molecule has 1 aliphatic rings.